The van der Waals surface area contributed by atoms with Crippen LogP contribution < -0.4 is 10.6 Å². The van der Waals surface area contributed by atoms with Crippen LogP contribution in [0.2, 0.25) is 0 Å². The molecule has 2 heterocycles. The van der Waals surface area contributed by atoms with Gasteiger partial charge < -0.3 is 19.9 Å². The minimum Gasteiger partial charge on any atom is -0.462 e. The molecule has 0 saturated carbocycles. The summed E-state index contributed by atoms with van der Waals surface area (Å²) in [6.45, 7) is 3.48. The highest BCUT2D eigenvalue weighted by Crippen LogP contribution is 2.39. The molecule has 214 valence electrons. The van der Waals surface area contributed by atoms with Gasteiger partial charge in [0.15, 0.2) is 11.0 Å². The molecule has 0 radical (unpaired) electrons. The molecule has 0 bridgehead atoms. The van der Waals surface area contributed by atoms with Crippen LogP contribution in [0.4, 0.5) is 18.2 Å². The lowest BCUT2D eigenvalue weighted by atomic mass is 9.95. The number of hydrogen-bond donors (Lipinski definition) is 2. The number of anilines is 1. The van der Waals surface area contributed by atoms with Gasteiger partial charge in [0.2, 0.25) is 5.91 Å². The Morgan fingerprint density at radius 2 is 1.90 bits per heavy atom. The van der Waals surface area contributed by atoms with Crippen molar-refractivity contribution in [1.29, 1.82) is 0 Å². The van der Waals surface area contributed by atoms with Crippen molar-refractivity contribution >= 4 is 45.9 Å². The van der Waals surface area contributed by atoms with Gasteiger partial charge in [0, 0.05) is 11.9 Å². The van der Waals surface area contributed by atoms with E-state index in [4.69, 9.17) is 4.74 Å². The number of aromatic nitrogens is 3. The van der Waals surface area contributed by atoms with Crippen LogP contribution in [0.5, 0.6) is 0 Å². The monoisotopic (exact) mass is 595 g/mol. The second-order valence-corrected chi connectivity index (χ2v) is 11.5. The first-order valence-corrected chi connectivity index (χ1v) is 14.3. The lowest BCUT2D eigenvalue weighted by molar-refractivity contribution is -0.138. The standard InChI is InChI=1S/C26H28F3N5O4S2/c1-4-38-24(37)20-16-10-6-8-12-18(16)40-23(20)31-21(35)14(2)39-25-33-32-19(34(25)3)13-30-22(36)15-9-5-7-11-17(15)26(27,28)29/h5,7,9,11,14H,4,6,8,10,12-13H2,1-3H3,(H,30,36)(H,31,35)/t14-/m1/s1. The lowest BCUT2D eigenvalue weighted by Gasteiger charge is -2.14. The SMILES string of the molecule is CCOC(=O)c1c(NC(=O)[C@@H](C)Sc2nnc(CNC(=O)c3ccccc3C(F)(F)F)n2C)sc2c1CCCC2. The Labute approximate surface area is 236 Å². The number of thiophene rings is 1. The van der Waals surface area contributed by atoms with Crippen LogP contribution in [0.25, 0.3) is 0 Å². The summed E-state index contributed by atoms with van der Waals surface area (Å²) in [6.07, 6.45) is -1.05. The summed E-state index contributed by atoms with van der Waals surface area (Å²) >= 11 is 2.52. The van der Waals surface area contributed by atoms with Crippen LogP contribution in [0.1, 0.15) is 69.2 Å². The van der Waals surface area contributed by atoms with E-state index in [0.717, 1.165) is 60.0 Å². The maximum Gasteiger partial charge on any atom is 0.417 e. The summed E-state index contributed by atoms with van der Waals surface area (Å²) in [6, 6.07) is 4.52. The third-order valence-corrected chi connectivity index (χ3v) is 8.69. The number of carbonyl (C=O) groups is 3. The van der Waals surface area contributed by atoms with Gasteiger partial charge in [-0.1, -0.05) is 23.9 Å². The summed E-state index contributed by atoms with van der Waals surface area (Å²) in [5.74, 6) is -1.39. The Morgan fingerprint density at radius 3 is 2.62 bits per heavy atom. The van der Waals surface area contributed by atoms with Crippen molar-refractivity contribution in [3.8, 4) is 0 Å². The van der Waals surface area contributed by atoms with Crippen LogP contribution in [-0.2, 0) is 42.1 Å². The van der Waals surface area contributed by atoms with E-state index in [1.54, 1.807) is 25.5 Å². The van der Waals surface area contributed by atoms with Crippen molar-refractivity contribution in [2.45, 2.75) is 62.7 Å². The van der Waals surface area contributed by atoms with Crippen LogP contribution in [0.3, 0.4) is 0 Å². The van der Waals surface area contributed by atoms with Crippen molar-refractivity contribution in [2.75, 3.05) is 11.9 Å². The number of carbonyl (C=O) groups excluding carboxylic acids is 3. The van der Waals surface area contributed by atoms with Gasteiger partial charge in [0.05, 0.1) is 35.1 Å². The molecule has 0 fully saturated rings. The number of hydrogen-bond acceptors (Lipinski definition) is 8. The molecule has 3 aromatic rings. The fraction of sp³-hybridized carbons (Fsp3) is 0.423. The zero-order valence-electron chi connectivity index (χ0n) is 22.1. The first kappa shape index (κ1) is 29.6. The van der Waals surface area contributed by atoms with Gasteiger partial charge >= 0.3 is 12.1 Å². The van der Waals surface area contributed by atoms with E-state index in [2.05, 4.69) is 20.8 Å². The molecule has 1 aliphatic rings. The molecule has 0 saturated heterocycles. The number of nitrogens with one attached hydrogen (secondary N) is 2. The van der Waals surface area contributed by atoms with E-state index >= 15 is 0 Å². The van der Waals surface area contributed by atoms with Gasteiger partial charge in [-0.3, -0.25) is 9.59 Å². The molecule has 1 aromatic carbocycles. The second kappa shape index (κ2) is 12.4. The first-order valence-electron chi connectivity index (χ1n) is 12.6. The highest BCUT2D eigenvalue weighted by atomic mass is 32.2. The summed E-state index contributed by atoms with van der Waals surface area (Å²) in [7, 11) is 1.63. The molecule has 9 nitrogen and oxygen atoms in total. The number of rotatable bonds is 9. The van der Waals surface area contributed by atoms with E-state index in [0.29, 0.717) is 21.5 Å². The summed E-state index contributed by atoms with van der Waals surface area (Å²) in [5, 5.41) is 13.6. The quantitative estimate of drug-likeness (QED) is 0.264. The van der Waals surface area contributed by atoms with Gasteiger partial charge in [-0.25, -0.2) is 4.79 Å². The molecular formula is C26H28F3N5O4S2. The summed E-state index contributed by atoms with van der Waals surface area (Å²) < 4.78 is 46.6. The van der Waals surface area contributed by atoms with Gasteiger partial charge in [-0.05, 0) is 57.2 Å². The molecule has 40 heavy (non-hydrogen) atoms. The fourth-order valence-electron chi connectivity index (χ4n) is 4.28. The topological polar surface area (TPSA) is 115 Å². The van der Waals surface area contributed by atoms with E-state index in [-0.39, 0.29) is 19.1 Å². The Balaban J connectivity index is 1.41. The minimum absolute atomic E-state index is 0.167. The zero-order valence-corrected chi connectivity index (χ0v) is 23.7. The number of ether oxygens (including phenoxy) is 1. The normalized spacial score (nSPS) is 13.8. The van der Waals surface area contributed by atoms with Crippen molar-refractivity contribution in [2.24, 2.45) is 7.05 Å². The number of aryl methyl sites for hydroxylation is 1. The van der Waals surface area contributed by atoms with Crippen LogP contribution >= 0.6 is 23.1 Å². The Hall–Kier alpha value is -3.39. The maximum atomic E-state index is 13.3. The van der Waals surface area contributed by atoms with Crippen molar-refractivity contribution in [3.05, 3.63) is 57.2 Å². The number of alkyl halides is 3. The average Bonchev–Trinajstić information content (AvgIpc) is 3.46. The lowest BCUT2D eigenvalue weighted by Crippen LogP contribution is -2.27. The molecule has 1 atom stereocenters. The number of amides is 2. The summed E-state index contributed by atoms with van der Waals surface area (Å²) in [5.41, 5.74) is -0.146. The molecule has 4 rings (SSSR count). The number of benzene rings is 1. The third kappa shape index (κ3) is 6.49. The number of halogens is 3. The number of nitrogens with zero attached hydrogens (tertiary/aromatic N) is 3. The molecule has 0 unspecified atom stereocenters. The molecule has 2 amide bonds. The highest BCUT2D eigenvalue weighted by molar-refractivity contribution is 8.00. The molecule has 0 aliphatic heterocycles. The van der Waals surface area contributed by atoms with Crippen LogP contribution in [0, 0.1) is 0 Å². The Bertz CT molecular complexity index is 1420. The van der Waals surface area contributed by atoms with Crippen molar-refractivity contribution < 1.29 is 32.3 Å². The average molecular weight is 596 g/mol. The predicted octanol–water partition coefficient (Wildman–Crippen LogP) is 5.00. The molecule has 14 heteroatoms. The zero-order chi connectivity index (χ0) is 29.0. The van der Waals surface area contributed by atoms with Gasteiger partial charge in [0.1, 0.15) is 5.00 Å². The Morgan fingerprint density at radius 1 is 1.18 bits per heavy atom. The van der Waals surface area contributed by atoms with E-state index in [9.17, 15) is 27.6 Å². The first-order chi connectivity index (χ1) is 19.0. The smallest absolute Gasteiger partial charge is 0.417 e. The molecule has 0 spiro atoms. The van der Waals surface area contributed by atoms with E-state index in [1.165, 1.54) is 23.5 Å². The molecule has 2 N–H and O–H groups in total. The fourth-order valence-corrected chi connectivity index (χ4v) is 6.40. The minimum atomic E-state index is -4.67. The summed E-state index contributed by atoms with van der Waals surface area (Å²) in [4.78, 5) is 39.3. The van der Waals surface area contributed by atoms with Gasteiger partial charge in [0.25, 0.3) is 5.91 Å². The highest BCUT2D eigenvalue weighted by Gasteiger charge is 2.35. The number of fused-ring (bicyclic) bond motifs is 1. The van der Waals surface area contributed by atoms with E-state index in [1.807, 2.05) is 0 Å². The van der Waals surface area contributed by atoms with Gasteiger partial charge in [-0.15, -0.1) is 21.5 Å². The number of esters is 1. The maximum absolute atomic E-state index is 13.3. The predicted molar refractivity (Wildman–Crippen MR) is 144 cm³/mol. The van der Waals surface area contributed by atoms with Crippen LogP contribution in [-0.4, -0.2) is 44.4 Å². The number of thioether (sulfide) groups is 1. The van der Waals surface area contributed by atoms with E-state index < -0.39 is 34.4 Å². The molecule has 2 aromatic heterocycles. The van der Waals surface area contributed by atoms with Crippen LogP contribution in [0.15, 0.2) is 29.4 Å². The third-order valence-electron chi connectivity index (χ3n) is 6.35. The molecule has 1 aliphatic carbocycles. The second-order valence-electron chi connectivity index (χ2n) is 9.07. The largest absolute Gasteiger partial charge is 0.462 e. The van der Waals surface area contributed by atoms with Crippen molar-refractivity contribution in [3.63, 3.8) is 0 Å². The van der Waals surface area contributed by atoms with Gasteiger partial charge in [-0.2, -0.15) is 13.2 Å². The Kier molecular flexibility index (Phi) is 9.19. The molecular weight excluding hydrogens is 567 g/mol. The van der Waals surface area contributed by atoms with Crippen molar-refractivity contribution in [1.82, 2.24) is 20.1 Å².